The Morgan fingerprint density at radius 3 is 2.45 bits per heavy atom. The quantitative estimate of drug-likeness (QED) is 0.449. The van der Waals surface area contributed by atoms with E-state index < -0.39 is 0 Å². The predicted octanol–water partition coefficient (Wildman–Crippen LogP) is 5.18. The number of carbonyl (C=O) groups is 2. The number of rotatable bonds is 5. The highest BCUT2D eigenvalue weighted by Gasteiger charge is 2.30. The van der Waals surface area contributed by atoms with E-state index in [0.29, 0.717) is 22.6 Å². The molecule has 0 bridgehead atoms. The zero-order valence-electron chi connectivity index (χ0n) is 16.3. The van der Waals surface area contributed by atoms with Crippen LogP contribution >= 0.6 is 0 Å². The van der Waals surface area contributed by atoms with Crippen LogP contribution in [0.3, 0.4) is 0 Å². The van der Waals surface area contributed by atoms with Gasteiger partial charge in [0.05, 0.1) is 5.56 Å². The summed E-state index contributed by atoms with van der Waals surface area (Å²) in [5, 5.41) is 0. The molecular formula is C25H20O4. The second kappa shape index (κ2) is 7.76. The van der Waals surface area contributed by atoms with Crippen molar-refractivity contribution in [2.24, 2.45) is 0 Å². The van der Waals surface area contributed by atoms with Crippen LogP contribution in [0.4, 0.5) is 0 Å². The average Bonchev–Trinajstić information content (AvgIpc) is 3.04. The van der Waals surface area contributed by atoms with Crippen LogP contribution in [0.15, 0.2) is 72.5 Å². The molecule has 3 aromatic carbocycles. The molecule has 0 aliphatic carbocycles. The van der Waals surface area contributed by atoms with Crippen molar-refractivity contribution < 1.29 is 19.1 Å². The minimum atomic E-state index is -0.148. The first-order chi connectivity index (χ1) is 14.0. The zero-order chi connectivity index (χ0) is 20.4. The van der Waals surface area contributed by atoms with Crippen molar-refractivity contribution in [3.8, 4) is 11.5 Å². The fraction of sp³-hybridized carbons (Fsp3) is 0.120. The number of Topliss-reactive ketones (excluding diaryl/α,β-unsaturated/α-hetero) is 2. The minimum Gasteiger partial charge on any atom is -0.485 e. The third-order valence-corrected chi connectivity index (χ3v) is 4.78. The number of ketones is 2. The number of allylic oxidation sites excluding steroid dienone is 1. The van der Waals surface area contributed by atoms with Gasteiger partial charge in [-0.05, 0) is 37.1 Å². The van der Waals surface area contributed by atoms with Crippen LogP contribution in [0, 0.1) is 13.8 Å². The van der Waals surface area contributed by atoms with Gasteiger partial charge in [-0.2, -0.15) is 0 Å². The summed E-state index contributed by atoms with van der Waals surface area (Å²) in [6, 6.07) is 20.3. The Hall–Kier alpha value is -3.66. The number of benzene rings is 3. The monoisotopic (exact) mass is 384 g/mol. The summed E-state index contributed by atoms with van der Waals surface area (Å²) in [6.07, 6.45) is 1.74. The van der Waals surface area contributed by atoms with Gasteiger partial charge in [0.15, 0.2) is 18.1 Å². The van der Waals surface area contributed by atoms with Crippen LogP contribution in [-0.4, -0.2) is 18.2 Å². The Morgan fingerprint density at radius 1 is 1.00 bits per heavy atom. The molecule has 1 aliphatic heterocycles. The van der Waals surface area contributed by atoms with Gasteiger partial charge in [0.1, 0.15) is 11.5 Å². The number of ether oxygens (including phenoxy) is 2. The van der Waals surface area contributed by atoms with Crippen molar-refractivity contribution in [3.63, 3.8) is 0 Å². The molecule has 3 aromatic rings. The maximum Gasteiger partial charge on any atom is 0.232 e. The molecule has 4 nitrogen and oxygen atoms in total. The van der Waals surface area contributed by atoms with E-state index in [1.54, 1.807) is 30.3 Å². The van der Waals surface area contributed by atoms with Gasteiger partial charge in [-0.1, -0.05) is 60.2 Å². The van der Waals surface area contributed by atoms with Gasteiger partial charge in [-0.3, -0.25) is 9.59 Å². The van der Waals surface area contributed by atoms with Crippen LogP contribution < -0.4 is 9.47 Å². The predicted molar refractivity (Wildman–Crippen MR) is 112 cm³/mol. The first-order valence-corrected chi connectivity index (χ1v) is 9.38. The fourth-order valence-electron chi connectivity index (χ4n) is 3.23. The first kappa shape index (κ1) is 18.7. The van der Waals surface area contributed by atoms with Crippen LogP contribution in [0.2, 0.25) is 0 Å². The Balaban J connectivity index is 1.53. The number of fused-ring (bicyclic) bond motifs is 1. The van der Waals surface area contributed by atoms with Crippen molar-refractivity contribution in [2.45, 2.75) is 13.8 Å². The van der Waals surface area contributed by atoms with Crippen molar-refractivity contribution in [1.82, 2.24) is 0 Å². The molecular weight excluding hydrogens is 364 g/mol. The standard InChI is InChI=1S/C25H20O4/c1-16-8-10-18(11-9-16)13-23-25(27)24-17(2)12-20(14-22(24)29-23)28-15-21(26)19-6-4-3-5-7-19/h3-14H,15H2,1-2H3/b23-13-. The molecule has 0 radical (unpaired) electrons. The molecule has 0 aromatic heterocycles. The Kier molecular flexibility index (Phi) is 5.00. The summed E-state index contributed by atoms with van der Waals surface area (Å²) in [5.74, 6) is 0.973. The lowest BCUT2D eigenvalue weighted by Gasteiger charge is -2.08. The molecule has 0 atom stereocenters. The lowest BCUT2D eigenvalue weighted by Crippen LogP contribution is -2.11. The van der Waals surface area contributed by atoms with Gasteiger partial charge in [0.25, 0.3) is 0 Å². The van der Waals surface area contributed by atoms with Crippen LogP contribution in [0.25, 0.3) is 6.08 Å². The van der Waals surface area contributed by atoms with Gasteiger partial charge >= 0.3 is 0 Å². The van der Waals surface area contributed by atoms with E-state index in [-0.39, 0.29) is 23.9 Å². The summed E-state index contributed by atoms with van der Waals surface area (Å²) in [6.45, 7) is 3.76. The molecule has 0 saturated heterocycles. The highest BCUT2D eigenvalue weighted by atomic mass is 16.5. The molecule has 1 aliphatic rings. The number of hydrogen-bond donors (Lipinski definition) is 0. The van der Waals surface area contributed by atoms with Crippen molar-refractivity contribution in [3.05, 3.63) is 100 Å². The molecule has 0 fully saturated rings. The Labute approximate surface area is 169 Å². The van der Waals surface area contributed by atoms with Gasteiger partial charge in [0, 0.05) is 11.6 Å². The van der Waals surface area contributed by atoms with E-state index in [1.165, 1.54) is 0 Å². The number of carbonyl (C=O) groups excluding carboxylic acids is 2. The molecule has 0 spiro atoms. The van der Waals surface area contributed by atoms with E-state index in [4.69, 9.17) is 9.47 Å². The van der Waals surface area contributed by atoms with Gasteiger partial charge < -0.3 is 9.47 Å². The molecule has 0 N–H and O–H groups in total. The average molecular weight is 384 g/mol. The maximum atomic E-state index is 12.8. The SMILES string of the molecule is Cc1ccc(/C=C2\Oc3cc(OCC(=O)c4ccccc4)cc(C)c3C2=O)cc1. The Bertz CT molecular complexity index is 1110. The molecule has 144 valence electrons. The molecule has 4 heteroatoms. The third kappa shape index (κ3) is 3.97. The molecule has 29 heavy (non-hydrogen) atoms. The largest absolute Gasteiger partial charge is 0.485 e. The maximum absolute atomic E-state index is 12.8. The lowest BCUT2D eigenvalue weighted by molar-refractivity contribution is 0.0920. The van der Waals surface area contributed by atoms with Crippen LogP contribution in [0.5, 0.6) is 11.5 Å². The molecule has 1 heterocycles. The van der Waals surface area contributed by atoms with E-state index in [2.05, 4.69) is 0 Å². The third-order valence-electron chi connectivity index (χ3n) is 4.78. The lowest BCUT2D eigenvalue weighted by atomic mass is 10.0. The van der Waals surface area contributed by atoms with Gasteiger partial charge in [0.2, 0.25) is 5.78 Å². The summed E-state index contributed by atoms with van der Waals surface area (Å²) in [7, 11) is 0. The second-order valence-electron chi connectivity index (χ2n) is 7.04. The normalized spacial score (nSPS) is 13.9. The summed E-state index contributed by atoms with van der Waals surface area (Å²) < 4.78 is 11.5. The number of hydrogen-bond acceptors (Lipinski definition) is 4. The Morgan fingerprint density at radius 2 is 1.72 bits per heavy atom. The van der Waals surface area contributed by atoms with Gasteiger partial charge in [-0.15, -0.1) is 0 Å². The molecule has 4 rings (SSSR count). The highest BCUT2D eigenvalue weighted by molar-refractivity contribution is 6.15. The summed E-state index contributed by atoms with van der Waals surface area (Å²) in [4.78, 5) is 25.0. The smallest absolute Gasteiger partial charge is 0.232 e. The molecule has 0 saturated carbocycles. The first-order valence-electron chi connectivity index (χ1n) is 9.38. The van der Waals surface area contributed by atoms with E-state index in [1.807, 2.05) is 56.3 Å². The van der Waals surface area contributed by atoms with E-state index in [0.717, 1.165) is 16.7 Å². The molecule has 0 unspecified atom stereocenters. The number of aryl methyl sites for hydroxylation is 2. The topological polar surface area (TPSA) is 52.6 Å². The van der Waals surface area contributed by atoms with Crippen LogP contribution in [0.1, 0.15) is 37.4 Å². The van der Waals surface area contributed by atoms with E-state index in [9.17, 15) is 9.59 Å². The zero-order valence-corrected chi connectivity index (χ0v) is 16.3. The van der Waals surface area contributed by atoms with Crippen molar-refractivity contribution >= 4 is 17.6 Å². The van der Waals surface area contributed by atoms with Crippen molar-refractivity contribution in [1.29, 1.82) is 0 Å². The molecule has 0 amide bonds. The minimum absolute atomic E-state index is 0.0811. The highest BCUT2D eigenvalue weighted by Crippen LogP contribution is 2.37. The summed E-state index contributed by atoms with van der Waals surface area (Å²) in [5.41, 5.74) is 3.93. The summed E-state index contributed by atoms with van der Waals surface area (Å²) >= 11 is 0. The van der Waals surface area contributed by atoms with E-state index >= 15 is 0 Å². The van der Waals surface area contributed by atoms with Crippen molar-refractivity contribution in [2.75, 3.05) is 6.61 Å². The van der Waals surface area contributed by atoms with Gasteiger partial charge in [-0.25, -0.2) is 0 Å². The fourth-order valence-corrected chi connectivity index (χ4v) is 3.23. The second-order valence-corrected chi connectivity index (χ2v) is 7.04. The van der Waals surface area contributed by atoms with Crippen LogP contribution in [-0.2, 0) is 0 Å².